The molecule has 0 aliphatic heterocycles. The van der Waals surface area contributed by atoms with Crippen LogP contribution in [-0.2, 0) is 9.22 Å². The molecule has 1 atom stereocenters. The molecule has 0 saturated heterocycles. The first kappa shape index (κ1) is 19.8. The monoisotopic (exact) mass is 360 g/mol. The number of Topliss-reactive ketones (excluding diaryl/α,β-unsaturated/α-hetero) is 1. The number of carbonyl (C=O) groups is 1. The predicted octanol–water partition coefficient (Wildman–Crippen LogP) is 5.25. The third-order valence-electron chi connectivity index (χ3n) is 3.88. The van der Waals surface area contributed by atoms with Gasteiger partial charge in [-0.3, -0.25) is 4.79 Å². The zero-order chi connectivity index (χ0) is 16.0. The Kier molecular flexibility index (Phi) is 8.22. The number of ketones is 1. The van der Waals surface area contributed by atoms with Gasteiger partial charge in [-0.05, 0) is 37.9 Å². The van der Waals surface area contributed by atoms with Crippen LogP contribution in [0, 0.1) is 0 Å². The van der Waals surface area contributed by atoms with Crippen molar-refractivity contribution >= 4 is 30.0 Å². The molecule has 0 saturated carbocycles. The van der Waals surface area contributed by atoms with Gasteiger partial charge in [0.2, 0.25) is 0 Å². The first-order valence-electron chi connectivity index (χ1n) is 7.08. The lowest BCUT2D eigenvalue weighted by Gasteiger charge is -2.38. The van der Waals surface area contributed by atoms with Gasteiger partial charge in [-0.1, -0.05) is 54.4 Å². The summed E-state index contributed by atoms with van der Waals surface area (Å²) in [5.41, 5.74) is 1.23. The van der Waals surface area contributed by atoms with Crippen molar-refractivity contribution in [2.75, 3.05) is 5.33 Å². The Bertz CT molecular complexity index is 367. The van der Waals surface area contributed by atoms with Gasteiger partial charge in [-0.25, -0.2) is 0 Å². The Hall–Kier alpha value is -0.193. The lowest BCUT2D eigenvalue weighted by molar-refractivity contribution is -0.123. The molecule has 0 unspecified atom stereocenters. The summed E-state index contributed by atoms with van der Waals surface area (Å²) in [6.45, 7) is 16.7. The van der Waals surface area contributed by atoms with Crippen LogP contribution in [0.3, 0.4) is 0 Å². The van der Waals surface area contributed by atoms with Crippen LogP contribution in [0.1, 0.15) is 40.5 Å². The SMILES string of the molecule is C=CC/C(C)=C\C[C@H](O[Si](C)(C)C(C)(C)C)C(=O)CBr. The third kappa shape index (κ3) is 6.51. The largest absolute Gasteiger partial charge is 0.407 e. The van der Waals surface area contributed by atoms with Crippen molar-refractivity contribution in [3.8, 4) is 0 Å². The first-order valence-corrected chi connectivity index (χ1v) is 11.1. The summed E-state index contributed by atoms with van der Waals surface area (Å²) in [5.74, 6) is 0.123. The number of halogens is 1. The lowest BCUT2D eigenvalue weighted by atomic mass is 10.1. The molecule has 20 heavy (non-hydrogen) atoms. The molecule has 0 rings (SSSR count). The van der Waals surface area contributed by atoms with Gasteiger partial charge in [0, 0.05) is 0 Å². The fraction of sp³-hybridized carbons (Fsp3) is 0.688. The molecular weight excluding hydrogens is 332 g/mol. The number of allylic oxidation sites excluding steroid dienone is 2. The second-order valence-corrected chi connectivity index (χ2v) is 12.1. The molecule has 0 aromatic rings. The lowest BCUT2D eigenvalue weighted by Crippen LogP contribution is -2.46. The molecule has 0 heterocycles. The van der Waals surface area contributed by atoms with E-state index in [0.29, 0.717) is 11.8 Å². The third-order valence-corrected chi connectivity index (χ3v) is 8.92. The molecule has 0 bridgehead atoms. The van der Waals surface area contributed by atoms with E-state index < -0.39 is 8.32 Å². The second-order valence-electron chi connectivity index (χ2n) is 6.75. The maximum atomic E-state index is 12.1. The average Bonchev–Trinajstić information content (AvgIpc) is 2.32. The van der Waals surface area contributed by atoms with Gasteiger partial charge in [-0.15, -0.1) is 6.58 Å². The van der Waals surface area contributed by atoms with E-state index in [0.717, 1.165) is 6.42 Å². The quantitative estimate of drug-likeness (QED) is 0.335. The van der Waals surface area contributed by atoms with Crippen LogP contribution in [0.15, 0.2) is 24.3 Å². The molecule has 0 amide bonds. The number of carbonyl (C=O) groups excluding carboxylic acids is 1. The van der Waals surface area contributed by atoms with Crippen LogP contribution in [0.2, 0.25) is 18.1 Å². The van der Waals surface area contributed by atoms with Crippen LogP contribution < -0.4 is 0 Å². The van der Waals surface area contributed by atoms with Crippen LogP contribution in [0.5, 0.6) is 0 Å². The zero-order valence-electron chi connectivity index (χ0n) is 13.8. The van der Waals surface area contributed by atoms with Gasteiger partial charge in [0.25, 0.3) is 0 Å². The fourth-order valence-electron chi connectivity index (χ4n) is 1.48. The Balaban J connectivity index is 4.96. The summed E-state index contributed by atoms with van der Waals surface area (Å²) < 4.78 is 6.27. The van der Waals surface area contributed by atoms with Crippen molar-refractivity contribution in [3.63, 3.8) is 0 Å². The number of alkyl halides is 1. The molecule has 0 aliphatic carbocycles. The van der Waals surface area contributed by atoms with Crippen LogP contribution in [-0.4, -0.2) is 25.5 Å². The molecule has 0 fully saturated rings. The highest BCUT2D eigenvalue weighted by Gasteiger charge is 2.40. The highest BCUT2D eigenvalue weighted by molar-refractivity contribution is 9.09. The molecule has 0 spiro atoms. The van der Waals surface area contributed by atoms with E-state index in [4.69, 9.17) is 4.43 Å². The molecule has 116 valence electrons. The van der Waals surface area contributed by atoms with Crippen molar-refractivity contribution in [3.05, 3.63) is 24.3 Å². The van der Waals surface area contributed by atoms with E-state index >= 15 is 0 Å². The summed E-state index contributed by atoms with van der Waals surface area (Å²) in [4.78, 5) is 12.1. The minimum absolute atomic E-state index is 0.109. The summed E-state index contributed by atoms with van der Waals surface area (Å²) in [6.07, 6.45) is 5.14. The van der Waals surface area contributed by atoms with E-state index in [1.165, 1.54) is 5.57 Å². The Morgan fingerprint density at radius 2 is 1.95 bits per heavy atom. The summed E-state index contributed by atoms with van der Waals surface area (Å²) in [7, 11) is -1.93. The highest BCUT2D eigenvalue weighted by atomic mass is 79.9. The van der Waals surface area contributed by atoms with Crippen molar-refractivity contribution < 1.29 is 9.22 Å². The normalized spacial score (nSPS) is 15.1. The van der Waals surface area contributed by atoms with Gasteiger partial charge in [0.1, 0.15) is 6.10 Å². The minimum Gasteiger partial charge on any atom is -0.407 e. The summed E-state index contributed by atoms with van der Waals surface area (Å²) in [6, 6.07) is 0. The topological polar surface area (TPSA) is 26.3 Å². The Morgan fingerprint density at radius 3 is 2.35 bits per heavy atom. The van der Waals surface area contributed by atoms with Gasteiger partial charge in [0.15, 0.2) is 14.1 Å². The van der Waals surface area contributed by atoms with Crippen LogP contribution in [0.25, 0.3) is 0 Å². The zero-order valence-corrected chi connectivity index (χ0v) is 16.3. The van der Waals surface area contributed by atoms with Crippen molar-refractivity contribution in [1.29, 1.82) is 0 Å². The molecule has 0 aliphatic rings. The van der Waals surface area contributed by atoms with E-state index in [1.807, 2.05) is 6.08 Å². The maximum Gasteiger partial charge on any atom is 0.193 e. The van der Waals surface area contributed by atoms with Gasteiger partial charge in [0.05, 0.1) is 5.33 Å². The smallest absolute Gasteiger partial charge is 0.193 e. The average molecular weight is 361 g/mol. The van der Waals surface area contributed by atoms with Crippen molar-refractivity contribution in [1.82, 2.24) is 0 Å². The maximum absolute atomic E-state index is 12.1. The van der Waals surface area contributed by atoms with Gasteiger partial charge < -0.3 is 4.43 Å². The second kappa shape index (κ2) is 8.30. The van der Waals surface area contributed by atoms with E-state index in [9.17, 15) is 4.79 Å². The summed E-state index contributed by atoms with van der Waals surface area (Å²) >= 11 is 3.26. The number of hydrogen-bond donors (Lipinski definition) is 0. The van der Waals surface area contributed by atoms with E-state index in [2.05, 4.69) is 69.4 Å². The molecule has 0 aromatic carbocycles. The van der Waals surface area contributed by atoms with Gasteiger partial charge in [-0.2, -0.15) is 0 Å². The molecule has 4 heteroatoms. The highest BCUT2D eigenvalue weighted by Crippen LogP contribution is 2.37. The standard InChI is InChI=1S/C16H29BrO2Si/c1-8-9-13(2)10-11-15(14(18)12-17)19-20(6,7)16(3,4)5/h8,10,15H,1,9,11-12H2,2-7H3/b13-10-/t15-/m0/s1. The fourth-order valence-corrected chi connectivity index (χ4v) is 3.14. The molecule has 0 N–H and O–H groups in total. The number of rotatable bonds is 8. The minimum atomic E-state index is -1.93. The van der Waals surface area contributed by atoms with E-state index in [-0.39, 0.29) is 16.9 Å². The molecule has 0 radical (unpaired) electrons. The van der Waals surface area contributed by atoms with E-state index in [1.54, 1.807) is 0 Å². The predicted molar refractivity (Wildman–Crippen MR) is 94.1 cm³/mol. The first-order chi connectivity index (χ1) is 9.05. The summed E-state index contributed by atoms with van der Waals surface area (Å²) in [5, 5.41) is 0.457. The van der Waals surface area contributed by atoms with Crippen LogP contribution in [0.4, 0.5) is 0 Å². The Labute approximate surface area is 133 Å². The molecular formula is C16H29BrO2Si. The van der Waals surface area contributed by atoms with Crippen molar-refractivity contribution in [2.24, 2.45) is 0 Å². The molecule has 0 aromatic heterocycles. The van der Waals surface area contributed by atoms with Gasteiger partial charge >= 0.3 is 0 Å². The number of hydrogen-bond acceptors (Lipinski definition) is 2. The Morgan fingerprint density at radius 1 is 1.40 bits per heavy atom. The molecule has 2 nitrogen and oxygen atoms in total. The van der Waals surface area contributed by atoms with Crippen LogP contribution >= 0.6 is 15.9 Å². The van der Waals surface area contributed by atoms with Crippen molar-refractivity contribution in [2.45, 2.75) is 64.8 Å².